The maximum atomic E-state index is 14.0. The Hall–Kier alpha value is -3.10. The molecule has 0 bridgehead atoms. The molecule has 0 saturated heterocycles. The maximum Gasteiger partial charge on any atom is 0.406 e. The van der Waals surface area contributed by atoms with Gasteiger partial charge in [-0.05, 0) is 18.2 Å². The molecular weight excluding hydrogens is 352 g/mol. The largest absolute Gasteiger partial charge is 0.406 e. The van der Waals surface area contributed by atoms with Crippen LogP contribution in [0.25, 0.3) is 11.3 Å². The van der Waals surface area contributed by atoms with Crippen molar-refractivity contribution in [2.45, 2.75) is 12.2 Å². The summed E-state index contributed by atoms with van der Waals surface area (Å²) in [5.74, 6) is -1.39. The van der Waals surface area contributed by atoms with Crippen LogP contribution in [0.4, 0.5) is 23.2 Å². The lowest BCUT2D eigenvalue weighted by Gasteiger charge is -2.32. The molecular formula is C17H10F4N4O. The van der Waals surface area contributed by atoms with Crippen molar-refractivity contribution in [3.8, 4) is 11.3 Å². The first-order chi connectivity index (χ1) is 12.3. The van der Waals surface area contributed by atoms with Gasteiger partial charge in [0.1, 0.15) is 18.4 Å². The summed E-state index contributed by atoms with van der Waals surface area (Å²) < 4.78 is 53.0. The van der Waals surface area contributed by atoms with Crippen molar-refractivity contribution in [1.29, 1.82) is 0 Å². The first kappa shape index (κ1) is 16.4. The smallest absolute Gasteiger partial charge is 0.299 e. The van der Waals surface area contributed by atoms with Crippen LogP contribution < -0.4 is 4.90 Å². The van der Waals surface area contributed by atoms with Gasteiger partial charge >= 0.3 is 6.18 Å². The fourth-order valence-corrected chi connectivity index (χ4v) is 3.01. The third-order valence-electron chi connectivity index (χ3n) is 4.15. The van der Waals surface area contributed by atoms with E-state index in [0.29, 0.717) is 10.5 Å². The third kappa shape index (κ3) is 2.65. The minimum atomic E-state index is -4.60. The summed E-state index contributed by atoms with van der Waals surface area (Å²) in [4.78, 5) is 17.3. The predicted molar refractivity (Wildman–Crippen MR) is 83.7 cm³/mol. The van der Waals surface area contributed by atoms with Crippen LogP contribution >= 0.6 is 0 Å². The summed E-state index contributed by atoms with van der Waals surface area (Å²) in [5, 5.41) is 7.54. The van der Waals surface area contributed by atoms with E-state index in [9.17, 15) is 22.4 Å². The van der Waals surface area contributed by atoms with E-state index in [1.165, 1.54) is 30.5 Å². The number of alkyl halides is 3. The second-order valence-corrected chi connectivity index (χ2v) is 5.83. The van der Waals surface area contributed by atoms with E-state index in [1.54, 1.807) is 6.07 Å². The molecule has 0 radical (unpaired) electrons. The summed E-state index contributed by atoms with van der Waals surface area (Å²) in [6.07, 6.45) is -2.13. The van der Waals surface area contributed by atoms with Crippen LogP contribution in [0.5, 0.6) is 0 Å². The van der Waals surface area contributed by atoms with Gasteiger partial charge in [0, 0.05) is 17.3 Å². The number of amides is 1. The predicted octanol–water partition coefficient (Wildman–Crippen LogP) is 4.19. The minimum Gasteiger partial charge on any atom is -0.299 e. The molecule has 2 aliphatic rings. The zero-order chi connectivity index (χ0) is 18.5. The van der Waals surface area contributed by atoms with Gasteiger partial charge in [0.05, 0.1) is 23.2 Å². The number of hydrogen-bond donors (Lipinski definition) is 0. The van der Waals surface area contributed by atoms with Crippen molar-refractivity contribution in [2.75, 3.05) is 11.4 Å². The first-order valence-corrected chi connectivity index (χ1v) is 7.58. The Morgan fingerprint density at radius 1 is 1.19 bits per heavy atom. The number of azo groups is 1. The van der Waals surface area contributed by atoms with Crippen LogP contribution in [-0.2, 0) is 4.79 Å². The number of anilines is 1. The molecule has 1 aromatic heterocycles. The molecule has 132 valence electrons. The molecule has 3 heterocycles. The van der Waals surface area contributed by atoms with Crippen LogP contribution in [0.1, 0.15) is 11.6 Å². The second kappa shape index (κ2) is 5.72. The number of carbonyl (C=O) groups excluding carboxylic acids is 1. The number of pyridine rings is 1. The van der Waals surface area contributed by atoms with Gasteiger partial charge in [-0.1, -0.05) is 12.1 Å². The normalized spacial score (nSPS) is 18.6. The highest BCUT2D eigenvalue weighted by Gasteiger charge is 2.43. The van der Waals surface area contributed by atoms with Gasteiger partial charge < -0.3 is 0 Å². The molecule has 2 aromatic rings. The molecule has 1 amide bonds. The molecule has 26 heavy (non-hydrogen) atoms. The van der Waals surface area contributed by atoms with Gasteiger partial charge in [0.2, 0.25) is 0 Å². The molecule has 5 nitrogen and oxygen atoms in total. The first-order valence-electron chi connectivity index (χ1n) is 7.58. The zero-order valence-corrected chi connectivity index (χ0v) is 13.0. The van der Waals surface area contributed by atoms with Crippen molar-refractivity contribution in [3.05, 3.63) is 59.7 Å². The van der Waals surface area contributed by atoms with Crippen molar-refractivity contribution >= 4 is 11.6 Å². The molecule has 2 aliphatic heterocycles. The summed E-state index contributed by atoms with van der Waals surface area (Å²) in [5.41, 5.74) is 0.639. The monoisotopic (exact) mass is 362 g/mol. The lowest BCUT2D eigenvalue weighted by Crippen LogP contribution is -2.43. The Morgan fingerprint density at radius 2 is 1.96 bits per heavy atom. The highest BCUT2D eigenvalue weighted by molar-refractivity contribution is 6.10. The van der Waals surface area contributed by atoms with Gasteiger partial charge in [0.15, 0.2) is 0 Å². The standard InChI is InChI=1S/C17H10F4N4O/c18-12-4-2-1-3-9(12)13-5-14-10(6-22-13)15-11(7-23-24-15)16(26)25(14)8-17(19,20)21/h1-7,15H,8H2. The number of fused-ring (bicyclic) bond motifs is 3. The fraction of sp³-hybridized carbons (Fsp3) is 0.176. The lowest BCUT2D eigenvalue weighted by atomic mass is 9.93. The summed E-state index contributed by atoms with van der Waals surface area (Å²) in [6.45, 7) is -1.47. The van der Waals surface area contributed by atoms with Crippen molar-refractivity contribution in [2.24, 2.45) is 10.2 Å². The van der Waals surface area contributed by atoms with Crippen LogP contribution in [0.15, 0.2) is 58.5 Å². The summed E-state index contributed by atoms with van der Waals surface area (Å²) >= 11 is 0. The van der Waals surface area contributed by atoms with E-state index < -0.39 is 30.5 Å². The number of aromatic nitrogens is 1. The third-order valence-corrected chi connectivity index (χ3v) is 4.15. The molecule has 0 spiro atoms. The molecule has 0 aliphatic carbocycles. The molecule has 4 rings (SSSR count). The van der Waals surface area contributed by atoms with Gasteiger partial charge in [0.25, 0.3) is 5.91 Å². The molecule has 1 atom stereocenters. The van der Waals surface area contributed by atoms with E-state index in [4.69, 9.17) is 0 Å². The SMILES string of the molecule is O=C1C2=CN=NC2c2cnc(-c3ccccc3F)cc2N1CC(F)(F)F. The van der Waals surface area contributed by atoms with E-state index in [2.05, 4.69) is 15.2 Å². The number of carbonyl (C=O) groups is 1. The Morgan fingerprint density at radius 3 is 2.69 bits per heavy atom. The average molecular weight is 362 g/mol. The minimum absolute atomic E-state index is 0.00331. The number of halogens is 4. The van der Waals surface area contributed by atoms with Crippen LogP contribution in [0, 0.1) is 5.82 Å². The Bertz CT molecular complexity index is 967. The Labute approximate surface area is 144 Å². The zero-order valence-electron chi connectivity index (χ0n) is 13.0. The van der Waals surface area contributed by atoms with Gasteiger partial charge in [-0.25, -0.2) is 4.39 Å². The van der Waals surface area contributed by atoms with Gasteiger partial charge in [-0.15, -0.1) is 0 Å². The van der Waals surface area contributed by atoms with E-state index in [0.717, 1.165) is 6.20 Å². The Balaban J connectivity index is 1.88. The van der Waals surface area contributed by atoms with E-state index in [-0.39, 0.29) is 22.5 Å². The average Bonchev–Trinajstić information content (AvgIpc) is 3.08. The fourth-order valence-electron chi connectivity index (χ4n) is 3.01. The lowest BCUT2D eigenvalue weighted by molar-refractivity contribution is -0.130. The maximum absolute atomic E-state index is 14.0. The second-order valence-electron chi connectivity index (χ2n) is 5.83. The van der Waals surface area contributed by atoms with E-state index >= 15 is 0 Å². The number of nitrogens with zero attached hydrogens (tertiary/aromatic N) is 4. The quantitative estimate of drug-likeness (QED) is 0.753. The molecule has 0 N–H and O–H groups in total. The Kier molecular flexibility index (Phi) is 3.60. The van der Waals surface area contributed by atoms with Gasteiger partial charge in [-0.3, -0.25) is 14.7 Å². The summed E-state index contributed by atoms with van der Waals surface area (Å²) in [6, 6.07) is 6.26. The van der Waals surface area contributed by atoms with Crippen LogP contribution in [-0.4, -0.2) is 23.6 Å². The van der Waals surface area contributed by atoms with Crippen molar-refractivity contribution in [3.63, 3.8) is 0 Å². The van der Waals surface area contributed by atoms with Crippen molar-refractivity contribution < 1.29 is 22.4 Å². The molecule has 1 unspecified atom stereocenters. The molecule has 9 heteroatoms. The molecule has 0 fully saturated rings. The molecule has 1 aromatic carbocycles. The highest BCUT2D eigenvalue weighted by Crippen LogP contribution is 2.44. The van der Waals surface area contributed by atoms with E-state index in [1.807, 2.05) is 0 Å². The number of rotatable bonds is 2. The van der Waals surface area contributed by atoms with Crippen molar-refractivity contribution in [1.82, 2.24) is 4.98 Å². The topological polar surface area (TPSA) is 57.9 Å². The highest BCUT2D eigenvalue weighted by atomic mass is 19.4. The van der Waals surface area contributed by atoms with Gasteiger partial charge in [-0.2, -0.15) is 23.4 Å². The van der Waals surface area contributed by atoms with Crippen LogP contribution in [0.3, 0.4) is 0 Å². The summed E-state index contributed by atoms with van der Waals surface area (Å²) in [7, 11) is 0. The number of hydrogen-bond acceptors (Lipinski definition) is 4. The van der Waals surface area contributed by atoms with Crippen LogP contribution in [0.2, 0.25) is 0 Å². The molecule has 0 saturated carbocycles. The number of benzene rings is 1.